The molecule has 0 N–H and O–H groups in total. The van der Waals surface area contributed by atoms with Gasteiger partial charge in [-0.15, -0.1) is 0 Å². The van der Waals surface area contributed by atoms with Crippen molar-refractivity contribution in [2.45, 2.75) is 6.18 Å². The molecule has 0 radical (unpaired) electrons. The number of carbonyl (C=O) groups is 1. The predicted octanol–water partition coefficient (Wildman–Crippen LogP) is 3.37. The Bertz CT molecular complexity index is 593. The Morgan fingerprint density at radius 3 is 2.37 bits per heavy atom. The summed E-state index contributed by atoms with van der Waals surface area (Å²) in [6, 6.07) is 8.16. The molecule has 6 heteroatoms. The summed E-state index contributed by atoms with van der Waals surface area (Å²) in [5.74, 6) is 0.227. The van der Waals surface area contributed by atoms with Crippen LogP contribution < -0.4 is 4.74 Å². The van der Waals surface area contributed by atoms with Gasteiger partial charge in [0.05, 0.1) is 5.56 Å². The van der Waals surface area contributed by atoms with Crippen LogP contribution in [0.5, 0.6) is 5.75 Å². The highest BCUT2D eigenvalue weighted by Crippen LogP contribution is 2.38. The Hall–Kier alpha value is -2.24. The van der Waals surface area contributed by atoms with Gasteiger partial charge >= 0.3 is 6.18 Å². The van der Waals surface area contributed by atoms with Crippen molar-refractivity contribution < 1.29 is 27.4 Å². The van der Waals surface area contributed by atoms with Crippen LogP contribution in [0.15, 0.2) is 36.4 Å². The maximum absolute atomic E-state index is 12.8. The summed E-state index contributed by atoms with van der Waals surface area (Å²) < 4.78 is 48.0. The number of rotatable bonds is 4. The van der Waals surface area contributed by atoms with Gasteiger partial charge in [-0.2, -0.15) is 13.2 Å². The average molecular weight is 270 g/mol. The summed E-state index contributed by atoms with van der Waals surface area (Å²) in [7, 11) is 0. The summed E-state index contributed by atoms with van der Waals surface area (Å²) >= 11 is 0. The molecule has 0 bridgehead atoms. The van der Waals surface area contributed by atoms with E-state index in [0.29, 0.717) is 5.39 Å². The van der Waals surface area contributed by atoms with Crippen molar-refractivity contribution in [3.05, 3.63) is 42.0 Å². The van der Waals surface area contributed by atoms with E-state index in [1.807, 2.05) is 0 Å². The molecule has 0 aliphatic heterocycles. The van der Waals surface area contributed by atoms with E-state index < -0.39 is 11.7 Å². The van der Waals surface area contributed by atoms with E-state index in [2.05, 4.69) is 4.74 Å². The minimum atomic E-state index is -4.43. The van der Waals surface area contributed by atoms with E-state index in [9.17, 15) is 18.0 Å². The monoisotopic (exact) mass is 270 g/mol. The summed E-state index contributed by atoms with van der Waals surface area (Å²) in [6.07, 6.45) is -4.43. The molecular weight excluding hydrogens is 261 g/mol. The lowest BCUT2D eigenvalue weighted by Gasteiger charge is -2.13. The summed E-state index contributed by atoms with van der Waals surface area (Å²) in [6.45, 7) is -0.148. The maximum Gasteiger partial charge on any atom is 0.417 e. The van der Waals surface area contributed by atoms with E-state index in [1.165, 1.54) is 24.3 Å². The van der Waals surface area contributed by atoms with E-state index in [1.54, 1.807) is 6.07 Å². The molecule has 0 fully saturated rings. The molecule has 100 valence electrons. The number of hydrogen-bond donors (Lipinski definition) is 0. The minimum absolute atomic E-state index is 0.0404. The van der Waals surface area contributed by atoms with E-state index in [-0.39, 0.29) is 24.4 Å². The lowest BCUT2D eigenvalue weighted by atomic mass is 10.0. The number of hydrogen-bond acceptors (Lipinski definition) is 3. The van der Waals surface area contributed by atoms with Gasteiger partial charge in [-0.3, -0.25) is 4.79 Å². The Kier molecular flexibility index (Phi) is 3.59. The number of alkyl halides is 3. The molecule has 0 aliphatic rings. The molecule has 2 aromatic carbocycles. The first-order valence-corrected chi connectivity index (χ1v) is 5.31. The van der Waals surface area contributed by atoms with Crippen molar-refractivity contribution in [1.29, 1.82) is 0 Å². The minimum Gasteiger partial charge on any atom is -0.457 e. The van der Waals surface area contributed by atoms with Gasteiger partial charge < -0.3 is 9.47 Å². The Morgan fingerprint density at radius 2 is 1.74 bits per heavy atom. The van der Waals surface area contributed by atoms with Crippen LogP contribution in [-0.4, -0.2) is 13.3 Å². The standard InChI is InChI=1S/C13H9F3O3/c14-13(15,16)11-5-6-12(19-8-18-7-17)10-4-2-1-3-9(10)11/h1-7H,8H2. The van der Waals surface area contributed by atoms with Crippen LogP contribution in [0, 0.1) is 0 Å². The van der Waals surface area contributed by atoms with Gasteiger partial charge in [0.15, 0.2) is 0 Å². The Morgan fingerprint density at radius 1 is 1.05 bits per heavy atom. The Balaban J connectivity index is 2.49. The molecule has 0 atom stereocenters. The highest BCUT2D eigenvalue weighted by atomic mass is 19.4. The third kappa shape index (κ3) is 2.78. The smallest absolute Gasteiger partial charge is 0.417 e. The molecule has 0 aromatic heterocycles. The first-order chi connectivity index (χ1) is 9.04. The molecule has 19 heavy (non-hydrogen) atoms. The van der Waals surface area contributed by atoms with Crippen molar-refractivity contribution >= 4 is 17.2 Å². The lowest BCUT2D eigenvalue weighted by Crippen LogP contribution is -2.07. The zero-order valence-corrected chi connectivity index (χ0v) is 9.61. The average Bonchev–Trinajstić information content (AvgIpc) is 2.37. The topological polar surface area (TPSA) is 35.5 Å². The summed E-state index contributed by atoms with van der Waals surface area (Å²) in [5, 5.41) is 0.352. The second-order valence-electron chi connectivity index (χ2n) is 3.68. The molecule has 0 heterocycles. The SMILES string of the molecule is O=COCOc1ccc(C(F)(F)F)c2ccccc12. The number of carbonyl (C=O) groups excluding carboxylic acids is 1. The molecule has 0 saturated carbocycles. The zero-order valence-electron chi connectivity index (χ0n) is 9.61. The fourth-order valence-electron chi connectivity index (χ4n) is 1.77. The van der Waals surface area contributed by atoms with Crippen molar-refractivity contribution in [2.24, 2.45) is 0 Å². The number of benzene rings is 2. The quantitative estimate of drug-likeness (QED) is 0.485. The van der Waals surface area contributed by atoms with Gasteiger partial charge in [-0.25, -0.2) is 0 Å². The van der Waals surface area contributed by atoms with Gasteiger partial charge in [0.2, 0.25) is 6.79 Å². The van der Waals surface area contributed by atoms with Crippen LogP contribution >= 0.6 is 0 Å². The van der Waals surface area contributed by atoms with Crippen LogP contribution in [0.25, 0.3) is 10.8 Å². The van der Waals surface area contributed by atoms with Crippen molar-refractivity contribution in [3.63, 3.8) is 0 Å². The molecule has 0 unspecified atom stereocenters. The molecule has 3 nitrogen and oxygen atoms in total. The maximum atomic E-state index is 12.8. The van der Waals surface area contributed by atoms with E-state index >= 15 is 0 Å². The third-order valence-corrected chi connectivity index (χ3v) is 2.54. The number of halogens is 3. The predicted molar refractivity (Wildman–Crippen MR) is 61.6 cm³/mol. The Labute approximate surface area is 106 Å². The zero-order chi connectivity index (χ0) is 13.9. The van der Waals surface area contributed by atoms with E-state index in [4.69, 9.17) is 4.74 Å². The van der Waals surface area contributed by atoms with Crippen molar-refractivity contribution in [1.82, 2.24) is 0 Å². The molecule has 0 amide bonds. The van der Waals surface area contributed by atoms with Gasteiger partial charge in [-0.1, -0.05) is 24.3 Å². The molecule has 0 saturated heterocycles. The first-order valence-electron chi connectivity index (χ1n) is 5.31. The highest BCUT2D eigenvalue weighted by Gasteiger charge is 2.32. The summed E-state index contributed by atoms with van der Waals surface area (Å²) in [4.78, 5) is 9.99. The van der Waals surface area contributed by atoms with Crippen LogP contribution in [0.4, 0.5) is 13.2 Å². The fraction of sp³-hybridized carbons (Fsp3) is 0.154. The largest absolute Gasteiger partial charge is 0.457 e. The molecule has 0 aliphatic carbocycles. The third-order valence-electron chi connectivity index (χ3n) is 2.54. The lowest BCUT2D eigenvalue weighted by molar-refractivity contribution is -0.136. The fourth-order valence-corrected chi connectivity index (χ4v) is 1.77. The second-order valence-corrected chi connectivity index (χ2v) is 3.68. The molecule has 2 rings (SSSR count). The molecule has 2 aromatic rings. The second kappa shape index (κ2) is 5.17. The van der Waals surface area contributed by atoms with Crippen molar-refractivity contribution in [2.75, 3.05) is 6.79 Å². The first kappa shape index (κ1) is 13.2. The van der Waals surface area contributed by atoms with Gasteiger partial charge in [0, 0.05) is 5.39 Å². The van der Waals surface area contributed by atoms with Gasteiger partial charge in [0.25, 0.3) is 6.47 Å². The van der Waals surface area contributed by atoms with Crippen LogP contribution in [0.3, 0.4) is 0 Å². The van der Waals surface area contributed by atoms with Crippen LogP contribution in [0.1, 0.15) is 5.56 Å². The van der Waals surface area contributed by atoms with Crippen molar-refractivity contribution in [3.8, 4) is 5.75 Å². The normalized spacial score (nSPS) is 11.3. The summed E-state index contributed by atoms with van der Waals surface area (Å²) in [5.41, 5.74) is -0.730. The van der Waals surface area contributed by atoms with Crippen LogP contribution in [0.2, 0.25) is 0 Å². The highest BCUT2D eigenvalue weighted by molar-refractivity contribution is 5.91. The van der Waals surface area contributed by atoms with Gasteiger partial charge in [0.1, 0.15) is 5.75 Å². The number of ether oxygens (including phenoxy) is 2. The number of fused-ring (bicyclic) bond motifs is 1. The van der Waals surface area contributed by atoms with Crippen LogP contribution in [-0.2, 0) is 15.7 Å². The van der Waals surface area contributed by atoms with Gasteiger partial charge in [-0.05, 0) is 17.5 Å². The molecular formula is C13H9F3O3. The van der Waals surface area contributed by atoms with E-state index in [0.717, 1.165) is 6.07 Å². The molecule has 0 spiro atoms.